The summed E-state index contributed by atoms with van der Waals surface area (Å²) in [6.45, 7) is 0.249. The van der Waals surface area contributed by atoms with E-state index >= 15 is 0 Å². The molecule has 1 heterocycles. The second kappa shape index (κ2) is 2.88. The molecule has 0 saturated heterocycles. The molecule has 1 aromatic carbocycles. The van der Waals surface area contributed by atoms with Crippen molar-refractivity contribution in [2.45, 2.75) is 6.04 Å². The van der Waals surface area contributed by atoms with E-state index in [1.807, 2.05) is 0 Å². The van der Waals surface area contributed by atoms with E-state index in [9.17, 15) is 9.90 Å². The molecule has 5 nitrogen and oxygen atoms in total. The average molecular weight is 195 g/mol. The molecular weight excluding hydrogens is 186 g/mol. The molecule has 1 aliphatic heterocycles. The van der Waals surface area contributed by atoms with Crippen LogP contribution in [0.3, 0.4) is 0 Å². The van der Waals surface area contributed by atoms with Crippen LogP contribution in [0.5, 0.6) is 11.5 Å². The Labute approximate surface area is 79.7 Å². The predicted molar refractivity (Wildman–Crippen MR) is 47.5 cm³/mol. The molecule has 14 heavy (non-hydrogen) atoms. The molecule has 1 aromatic rings. The van der Waals surface area contributed by atoms with Gasteiger partial charge in [0.05, 0.1) is 6.04 Å². The van der Waals surface area contributed by atoms with Gasteiger partial charge in [-0.05, 0) is 12.1 Å². The van der Waals surface area contributed by atoms with Gasteiger partial charge in [0.25, 0.3) is 0 Å². The minimum absolute atomic E-state index is 0.185. The van der Waals surface area contributed by atoms with Gasteiger partial charge in [-0.1, -0.05) is 0 Å². The van der Waals surface area contributed by atoms with Crippen molar-refractivity contribution in [1.29, 1.82) is 0 Å². The molecule has 4 N–H and O–H groups in total. The zero-order valence-electron chi connectivity index (χ0n) is 7.23. The van der Waals surface area contributed by atoms with Gasteiger partial charge < -0.3 is 20.7 Å². The summed E-state index contributed by atoms with van der Waals surface area (Å²) in [5.74, 6) is -1.33. The summed E-state index contributed by atoms with van der Waals surface area (Å²) in [6.07, 6.45) is 0. The number of carboxylic acid groups (broad SMARTS) is 1. The Morgan fingerprint density at radius 3 is 2.93 bits per heavy atom. The molecule has 0 aromatic heterocycles. The second-order valence-electron chi connectivity index (χ2n) is 3.10. The highest BCUT2D eigenvalue weighted by atomic mass is 16.5. The van der Waals surface area contributed by atoms with Gasteiger partial charge in [0.15, 0.2) is 0 Å². The highest BCUT2D eigenvalue weighted by molar-refractivity contribution is 5.94. The topological polar surface area (TPSA) is 92.8 Å². The smallest absolute Gasteiger partial charge is 0.343 e. The Kier molecular flexibility index (Phi) is 1.82. The van der Waals surface area contributed by atoms with Crippen LogP contribution in [0, 0.1) is 0 Å². The monoisotopic (exact) mass is 195 g/mol. The van der Waals surface area contributed by atoms with Crippen LogP contribution in [0.2, 0.25) is 0 Å². The van der Waals surface area contributed by atoms with Crippen LogP contribution in [0.4, 0.5) is 0 Å². The fourth-order valence-corrected chi connectivity index (χ4v) is 1.51. The van der Waals surface area contributed by atoms with Crippen molar-refractivity contribution in [3.05, 3.63) is 23.3 Å². The van der Waals surface area contributed by atoms with Crippen molar-refractivity contribution in [3.63, 3.8) is 0 Å². The number of hydrogen-bond acceptors (Lipinski definition) is 4. The molecular formula is C9H9NO4. The second-order valence-corrected chi connectivity index (χ2v) is 3.10. The molecule has 2 rings (SSSR count). The van der Waals surface area contributed by atoms with Crippen LogP contribution < -0.4 is 10.5 Å². The lowest BCUT2D eigenvalue weighted by Gasteiger charge is -2.05. The Morgan fingerprint density at radius 2 is 2.29 bits per heavy atom. The Bertz CT molecular complexity index is 402. The number of aromatic carboxylic acids is 1. The van der Waals surface area contributed by atoms with Gasteiger partial charge in [0.1, 0.15) is 23.7 Å². The third-order valence-electron chi connectivity index (χ3n) is 2.19. The third-order valence-corrected chi connectivity index (χ3v) is 2.19. The van der Waals surface area contributed by atoms with Gasteiger partial charge >= 0.3 is 5.97 Å². The minimum Gasteiger partial charge on any atom is -0.507 e. The molecule has 0 fully saturated rings. The third kappa shape index (κ3) is 1.10. The summed E-state index contributed by atoms with van der Waals surface area (Å²) in [6, 6.07) is 2.58. The van der Waals surface area contributed by atoms with E-state index in [0.717, 1.165) is 0 Å². The molecule has 0 radical (unpaired) electrons. The van der Waals surface area contributed by atoms with E-state index in [1.54, 1.807) is 6.07 Å². The highest BCUT2D eigenvalue weighted by Crippen LogP contribution is 2.38. The summed E-state index contributed by atoms with van der Waals surface area (Å²) in [5, 5.41) is 18.2. The van der Waals surface area contributed by atoms with Crippen molar-refractivity contribution < 1.29 is 19.7 Å². The zero-order valence-corrected chi connectivity index (χ0v) is 7.23. The summed E-state index contributed by atoms with van der Waals surface area (Å²) in [4.78, 5) is 10.8. The van der Waals surface area contributed by atoms with Gasteiger partial charge in [0, 0.05) is 5.56 Å². The number of phenols is 1. The number of nitrogens with two attached hydrogens (primary N) is 1. The molecule has 0 bridgehead atoms. The molecule has 1 aliphatic rings. The first kappa shape index (κ1) is 8.83. The minimum atomic E-state index is -1.21. The van der Waals surface area contributed by atoms with Crippen molar-refractivity contribution in [2.24, 2.45) is 5.73 Å². The lowest BCUT2D eigenvalue weighted by atomic mass is 10.0. The van der Waals surface area contributed by atoms with E-state index in [-0.39, 0.29) is 29.7 Å². The van der Waals surface area contributed by atoms with E-state index < -0.39 is 5.97 Å². The van der Waals surface area contributed by atoms with E-state index in [0.29, 0.717) is 5.56 Å². The first-order valence-corrected chi connectivity index (χ1v) is 4.09. The number of aromatic hydroxyl groups is 1. The Balaban J connectivity index is 2.65. The predicted octanol–water partition coefficient (Wildman–Crippen LogP) is 0.483. The maximum atomic E-state index is 10.8. The van der Waals surface area contributed by atoms with Gasteiger partial charge in [-0.15, -0.1) is 0 Å². The number of ether oxygens (including phenoxy) is 1. The largest absolute Gasteiger partial charge is 0.507 e. The number of rotatable bonds is 1. The maximum Gasteiger partial charge on any atom is 0.343 e. The number of benzene rings is 1. The summed E-state index contributed by atoms with van der Waals surface area (Å²) >= 11 is 0. The van der Waals surface area contributed by atoms with Gasteiger partial charge in [0.2, 0.25) is 0 Å². The van der Waals surface area contributed by atoms with Crippen molar-refractivity contribution in [1.82, 2.24) is 0 Å². The Morgan fingerprint density at radius 1 is 1.57 bits per heavy atom. The summed E-state index contributed by atoms with van der Waals surface area (Å²) < 4.78 is 5.12. The molecule has 0 aliphatic carbocycles. The van der Waals surface area contributed by atoms with Crippen molar-refractivity contribution in [2.75, 3.05) is 6.61 Å². The van der Waals surface area contributed by atoms with E-state index in [2.05, 4.69) is 0 Å². The molecule has 1 unspecified atom stereocenters. The van der Waals surface area contributed by atoms with Crippen LogP contribution in [-0.2, 0) is 0 Å². The van der Waals surface area contributed by atoms with Gasteiger partial charge in [-0.25, -0.2) is 4.79 Å². The fourth-order valence-electron chi connectivity index (χ4n) is 1.51. The lowest BCUT2D eigenvalue weighted by Crippen LogP contribution is -2.10. The van der Waals surface area contributed by atoms with Gasteiger partial charge in [-0.2, -0.15) is 0 Å². The van der Waals surface area contributed by atoms with Crippen molar-refractivity contribution >= 4 is 5.97 Å². The van der Waals surface area contributed by atoms with Crippen LogP contribution in [0.15, 0.2) is 12.1 Å². The normalized spacial score (nSPS) is 18.8. The molecule has 5 heteroatoms. The maximum absolute atomic E-state index is 10.8. The first-order valence-electron chi connectivity index (χ1n) is 4.09. The summed E-state index contributed by atoms with van der Waals surface area (Å²) in [7, 11) is 0. The van der Waals surface area contributed by atoms with Crippen LogP contribution in [-0.4, -0.2) is 22.8 Å². The Hall–Kier alpha value is -1.75. The molecule has 0 saturated carbocycles. The summed E-state index contributed by atoms with van der Waals surface area (Å²) in [5.41, 5.74) is 6.08. The standard InChI is InChI=1S/C9H9NO4/c10-5-3-14-8-4(5)1-2-6(11)7(8)9(12)13/h1-2,5,11H,3,10H2,(H,12,13). The number of carbonyl (C=O) groups is 1. The van der Waals surface area contributed by atoms with Gasteiger partial charge in [-0.3, -0.25) is 0 Å². The molecule has 0 spiro atoms. The lowest BCUT2D eigenvalue weighted by molar-refractivity contribution is 0.0690. The van der Waals surface area contributed by atoms with Crippen LogP contribution >= 0.6 is 0 Å². The zero-order chi connectivity index (χ0) is 10.3. The van der Waals surface area contributed by atoms with E-state index in [4.69, 9.17) is 15.6 Å². The quantitative estimate of drug-likeness (QED) is 0.606. The molecule has 74 valence electrons. The number of fused-ring (bicyclic) bond motifs is 1. The first-order chi connectivity index (χ1) is 6.61. The fraction of sp³-hybridized carbons (Fsp3) is 0.222. The SMILES string of the molecule is NC1COc2c1ccc(O)c2C(=O)O. The molecule has 1 atom stereocenters. The van der Waals surface area contributed by atoms with E-state index in [1.165, 1.54) is 6.07 Å². The average Bonchev–Trinajstić information content (AvgIpc) is 2.47. The van der Waals surface area contributed by atoms with Crippen LogP contribution in [0.25, 0.3) is 0 Å². The number of carboxylic acids is 1. The van der Waals surface area contributed by atoms with Crippen LogP contribution in [0.1, 0.15) is 22.0 Å². The highest BCUT2D eigenvalue weighted by Gasteiger charge is 2.28. The van der Waals surface area contributed by atoms with Crippen molar-refractivity contribution in [3.8, 4) is 11.5 Å². The molecule has 0 amide bonds. The number of hydrogen-bond donors (Lipinski definition) is 3.